The number of rotatable bonds is 18. The molecule has 0 aromatic heterocycles. The van der Waals surface area contributed by atoms with Crippen molar-refractivity contribution < 1.29 is 19.9 Å². The van der Waals surface area contributed by atoms with Crippen LogP contribution in [-0.4, -0.2) is 84.1 Å². The van der Waals surface area contributed by atoms with E-state index >= 15 is 0 Å². The average molecular weight is 609 g/mol. The molecule has 2 saturated heterocycles. The van der Waals surface area contributed by atoms with Crippen molar-refractivity contribution in [1.29, 1.82) is 0 Å². The zero-order valence-corrected chi connectivity index (χ0v) is 26.8. The van der Waals surface area contributed by atoms with Crippen molar-refractivity contribution >= 4 is 11.4 Å². The lowest BCUT2D eigenvalue weighted by Gasteiger charge is -2.26. The fourth-order valence-electron chi connectivity index (χ4n) is 5.58. The van der Waals surface area contributed by atoms with Crippen LogP contribution in [0.3, 0.4) is 0 Å². The molecule has 0 amide bonds. The van der Waals surface area contributed by atoms with Crippen LogP contribution < -0.4 is 0 Å². The van der Waals surface area contributed by atoms with E-state index < -0.39 is 0 Å². The van der Waals surface area contributed by atoms with E-state index in [1.54, 1.807) is 0 Å². The third-order valence-corrected chi connectivity index (χ3v) is 8.40. The van der Waals surface area contributed by atoms with Crippen molar-refractivity contribution in [2.24, 2.45) is 10.3 Å². The van der Waals surface area contributed by atoms with E-state index in [2.05, 4.69) is 68.6 Å². The number of piperidine rings is 2. The molecule has 4 rings (SSSR count). The summed E-state index contributed by atoms with van der Waals surface area (Å²) in [7, 11) is 0. The molecule has 44 heavy (non-hydrogen) atoms. The summed E-state index contributed by atoms with van der Waals surface area (Å²) in [6, 6.07) is 20.7. The summed E-state index contributed by atoms with van der Waals surface area (Å²) in [4.78, 5) is 4.95. The first-order valence-corrected chi connectivity index (χ1v) is 16.8. The molecule has 0 bridgehead atoms. The zero-order chi connectivity index (χ0) is 30.9. The van der Waals surface area contributed by atoms with Gasteiger partial charge in [-0.05, 0) is 49.9 Å². The van der Waals surface area contributed by atoms with Crippen molar-refractivity contribution in [1.82, 2.24) is 9.80 Å². The van der Waals surface area contributed by atoms with E-state index in [0.29, 0.717) is 0 Å². The van der Waals surface area contributed by atoms with Crippen LogP contribution in [0.4, 0.5) is 0 Å². The van der Waals surface area contributed by atoms with Gasteiger partial charge in [-0.3, -0.25) is 0 Å². The number of likely N-dealkylation sites (tertiary alicyclic amines) is 2. The Balaban J connectivity index is 0.000000240. The van der Waals surface area contributed by atoms with Crippen LogP contribution >= 0.6 is 0 Å². The second kappa shape index (κ2) is 23.6. The third kappa shape index (κ3) is 16.3. The smallest absolute Gasteiger partial charge is 0.0716 e. The Morgan fingerprint density at radius 3 is 1.23 bits per heavy atom. The van der Waals surface area contributed by atoms with Crippen LogP contribution in [0.5, 0.6) is 0 Å². The second-order valence-corrected chi connectivity index (χ2v) is 11.9. The molecule has 8 heteroatoms. The number of nitrogens with zero attached hydrogens (tertiary/aromatic N) is 4. The maximum Gasteiger partial charge on any atom is 0.0716 e. The molecule has 0 aliphatic carbocycles. The number of hydrogen-bond acceptors (Lipinski definition) is 8. The Morgan fingerprint density at radius 1 is 0.500 bits per heavy atom. The number of unbranched alkanes of at least 4 members (excludes halogenated alkanes) is 6. The SMILES string of the molecule is ON=C1CCN(CCCCCCOCc2ccccc2)CC1.ON=C1CCN(CCCCCCOCc2ccccc2)CC1. The van der Waals surface area contributed by atoms with Gasteiger partial charge in [-0.1, -0.05) is 96.7 Å². The number of hydrogen-bond donors (Lipinski definition) is 2. The molecule has 2 aliphatic heterocycles. The van der Waals surface area contributed by atoms with E-state index in [0.717, 1.165) is 103 Å². The Hall–Kier alpha value is -2.78. The van der Waals surface area contributed by atoms with E-state index in [-0.39, 0.29) is 0 Å². The van der Waals surface area contributed by atoms with Crippen molar-refractivity contribution in [2.45, 2.75) is 90.3 Å². The topological polar surface area (TPSA) is 90.1 Å². The van der Waals surface area contributed by atoms with Gasteiger partial charge in [0.1, 0.15) is 0 Å². The highest BCUT2D eigenvalue weighted by molar-refractivity contribution is 5.85. The normalized spacial score (nSPS) is 15.9. The molecule has 244 valence electrons. The summed E-state index contributed by atoms with van der Waals surface area (Å²) in [5.41, 5.74) is 4.40. The van der Waals surface area contributed by atoms with Gasteiger partial charge in [0.25, 0.3) is 0 Å². The first-order valence-electron chi connectivity index (χ1n) is 16.8. The van der Waals surface area contributed by atoms with Gasteiger partial charge in [-0.25, -0.2) is 0 Å². The number of benzene rings is 2. The highest BCUT2D eigenvalue weighted by atomic mass is 16.5. The minimum absolute atomic E-state index is 0.726. The summed E-state index contributed by atoms with van der Waals surface area (Å²) >= 11 is 0. The molecule has 2 aromatic carbocycles. The van der Waals surface area contributed by atoms with E-state index in [1.807, 2.05) is 12.1 Å². The van der Waals surface area contributed by atoms with Crippen molar-refractivity contribution in [3.8, 4) is 0 Å². The molecule has 0 spiro atoms. The van der Waals surface area contributed by atoms with Crippen LogP contribution in [0.2, 0.25) is 0 Å². The van der Waals surface area contributed by atoms with Gasteiger partial charge in [0.2, 0.25) is 0 Å². The lowest BCUT2D eigenvalue weighted by Crippen LogP contribution is -2.34. The monoisotopic (exact) mass is 608 g/mol. The van der Waals surface area contributed by atoms with Gasteiger partial charge in [-0.2, -0.15) is 0 Å². The standard InChI is InChI=1S/2C18H28N2O2/c2*21-19-18-10-13-20(14-11-18)12-6-1-2-7-15-22-16-17-8-4-3-5-9-17/h2*3-5,8-9,21H,1-2,6-7,10-16H2. The van der Waals surface area contributed by atoms with Gasteiger partial charge in [0, 0.05) is 65.1 Å². The summed E-state index contributed by atoms with van der Waals surface area (Å²) in [5, 5.41) is 24.1. The molecular weight excluding hydrogens is 552 g/mol. The van der Waals surface area contributed by atoms with Crippen molar-refractivity contribution in [3.05, 3.63) is 71.8 Å². The average Bonchev–Trinajstić information content (AvgIpc) is 3.09. The maximum absolute atomic E-state index is 8.72. The Kier molecular flexibility index (Phi) is 19.1. The van der Waals surface area contributed by atoms with Crippen molar-refractivity contribution in [2.75, 3.05) is 52.5 Å². The number of ether oxygens (including phenoxy) is 2. The highest BCUT2D eigenvalue weighted by Crippen LogP contribution is 2.11. The second-order valence-electron chi connectivity index (χ2n) is 11.9. The fourth-order valence-corrected chi connectivity index (χ4v) is 5.58. The Bertz CT molecular complexity index is 931. The van der Waals surface area contributed by atoms with Crippen LogP contribution in [0.25, 0.3) is 0 Å². The molecule has 2 N–H and O–H groups in total. The van der Waals surface area contributed by atoms with Crippen LogP contribution in [0.15, 0.2) is 71.0 Å². The van der Waals surface area contributed by atoms with Crippen LogP contribution in [-0.2, 0) is 22.7 Å². The molecule has 2 fully saturated rings. The summed E-state index contributed by atoms with van der Waals surface area (Å²) < 4.78 is 11.4. The summed E-state index contributed by atoms with van der Waals surface area (Å²) in [5.74, 6) is 0. The molecule has 2 aromatic rings. The minimum Gasteiger partial charge on any atom is -0.411 e. The molecule has 0 radical (unpaired) electrons. The largest absolute Gasteiger partial charge is 0.411 e. The van der Waals surface area contributed by atoms with Crippen molar-refractivity contribution in [3.63, 3.8) is 0 Å². The van der Waals surface area contributed by atoms with Gasteiger partial charge in [0.05, 0.1) is 24.6 Å². The molecule has 2 aliphatic rings. The van der Waals surface area contributed by atoms with Gasteiger partial charge < -0.3 is 29.7 Å². The number of oxime groups is 2. The fraction of sp³-hybridized carbons (Fsp3) is 0.611. The maximum atomic E-state index is 8.72. The Labute approximate surface area is 265 Å². The van der Waals surface area contributed by atoms with E-state index in [4.69, 9.17) is 19.9 Å². The van der Waals surface area contributed by atoms with E-state index in [1.165, 1.54) is 62.7 Å². The van der Waals surface area contributed by atoms with E-state index in [9.17, 15) is 0 Å². The lowest BCUT2D eigenvalue weighted by atomic mass is 10.1. The predicted molar refractivity (Wildman–Crippen MR) is 179 cm³/mol. The van der Waals surface area contributed by atoms with Gasteiger partial charge in [-0.15, -0.1) is 0 Å². The molecule has 8 nitrogen and oxygen atoms in total. The van der Waals surface area contributed by atoms with Gasteiger partial charge in [0.15, 0.2) is 0 Å². The summed E-state index contributed by atoms with van der Waals surface area (Å²) in [6.45, 7) is 9.67. The van der Waals surface area contributed by atoms with Gasteiger partial charge >= 0.3 is 0 Å². The minimum atomic E-state index is 0.726. The third-order valence-electron chi connectivity index (χ3n) is 8.40. The molecule has 0 atom stereocenters. The molecular formula is C36H56N4O4. The van der Waals surface area contributed by atoms with Crippen LogP contribution in [0.1, 0.15) is 88.2 Å². The predicted octanol–water partition coefficient (Wildman–Crippen LogP) is 7.38. The molecule has 0 saturated carbocycles. The first-order chi connectivity index (χ1) is 21.8. The highest BCUT2D eigenvalue weighted by Gasteiger charge is 2.15. The quantitative estimate of drug-likeness (QED) is 0.104. The molecule has 0 unspecified atom stereocenters. The zero-order valence-electron chi connectivity index (χ0n) is 26.8. The Morgan fingerprint density at radius 2 is 0.864 bits per heavy atom. The summed E-state index contributed by atoms with van der Waals surface area (Å²) in [6.07, 6.45) is 13.5. The molecule has 2 heterocycles. The lowest BCUT2D eigenvalue weighted by molar-refractivity contribution is 0.116. The first kappa shape index (κ1) is 35.7. The van der Waals surface area contributed by atoms with Crippen LogP contribution in [0, 0.1) is 0 Å².